The molecular formula is C19H16BNO2. The van der Waals surface area contributed by atoms with Crippen LogP contribution in [0.2, 0.25) is 0 Å². The highest BCUT2D eigenvalue weighted by molar-refractivity contribution is 6.58. The summed E-state index contributed by atoms with van der Waals surface area (Å²) in [6.07, 6.45) is 0. The van der Waals surface area contributed by atoms with Crippen LogP contribution in [0.3, 0.4) is 0 Å². The van der Waals surface area contributed by atoms with Gasteiger partial charge in [0.25, 0.3) is 0 Å². The molecule has 0 saturated heterocycles. The molecule has 1 heterocycles. The number of rotatable bonds is 2. The smallest absolute Gasteiger partial charge is 0.423 e. The minimum atomic E-state index is -1.47. The van der Waals surface area contributed by atoms with E-state index in [0.717, 1.165) is 16.7 Å². The third kappa shape index (κ3) is 2.24. The van der Waals surface area contributed by atoms with Crippen LogP contribution in [0.25, 0.3) is 27.5 Å². The van der Waals surface area contributed by atoms with Crippen molar-refractivity contribution in [3.8, 4) is 5.69 Å². The minimum absolute atomic E-state index is 0.487. The molecule has 0 fully saturated rings. The molecule has 1 aromatic heterocycles. The van der Waals surface area contributed by atoms with E-state index < -0.39 is 7.12 Å². The average molecular weight is 301 g/mol. The molecule has 23 heavy (non-hydrogen) atoms. The molecule has 0 spiro atoms. The van der Waals surface area contributed by atoms with Crippen LogP contribution in [0.5, 0.6) is 0 Å². The van der Waals surface area contributed by atoms with E-state index in [1.165, 1.54) is 16.3 Å². The highest BCUT2D eigenvalue weighted by Gasteiger charge is 2.15. The van der Waals surface area contributed by atoms with Crippen molar-refractivity contribution in [1.82, 2.24) is 4.57 Å². The van der Waals surface area contributed by atoms with Gasteiger partial charge in [-0.05, 0) is 42.2 Å². The van der Waals surface area contributed by atoms with Crippen LogP contribution in [0, 0.1) is 6.92 Å². The van der Waals surface area contributed by atoms with E-state index in [1.54, 1.807) is 6.07 Å². The van der Waals surface area contributed by atoms with Crippen molar-refractivity contribution in [2.75, 3.05) is 0 Å². The molecule has 0 bridgehead atoms. The third-order valence-electron chi connectivity index (χ3n) is 4.26. The van der Waals surface area contributed by atoms with Gasteiger partial charge in [0.05, 0.1) is 11.0 Å². The van der Waals surface area contributed by atoms with E-state index in [2.05, 4.69) is 41.8 Å². The maximum Gasteiger partial charge on any atom is 0.488 e. The van der Waals surface area contributed by atoms with Crippen LogP contribution in [0.1, 0.15) is 5.56 Å². The van der Waals surface area contributed by atoms with E-state index in [4.69, 9.17) is 0 Å². The lowest BCUT2D eigenvalue weighted by Gasteiger charge is -2.10. The van der Waals surface area contributed by atoms with Crippen LogP contribution in [-0.2, 0) is 0 Å². The molecule has 0 aliphatic heterocycles. The summed E-state index contributed by atoms with van der Waals surface area (Å²) in [5, 5.41) is 21.3. The zero-order valence-corrected chi connectivity index (χ0v) is 12.8. The Morgan fingerprint density at radius 1 is 0.783 bits per heavy atom. The average Bonchev–Trinajstić information content (AvgIpc) is 2.88. The van der Waals surface area contributed by atoms with E-state index in [-0.39, 0.29) is 0 Å². The lowest BCUT2D eigenvalue weighted by molar-refractivity contribution is 0.426. The number of hydrogen-bond donors (Lipinski definition) is 2. The van der Waals surface area contributed by atoms with E-state index in [1.807, 2.05) is 30.3 Å². The van der Waals surface area contributed by atoms with Crippen molar-refractivity contribution >= 4 is 34.4 Å². The summed E-state index contributed by atoms with van der Waals surface area (Å²) in [6, 6.07) is 22.1. The fourth-order valence-corrected chi connectivity index (χ4v) is 3.18. The Morgan fingerprint density at radius 3 is 2.39 bits per heavy atom. The number of fused-ring (bicyclic) bond motifs is 3. The summed E-state index contributed by atoms with van der Waals surface area (Å²) in [5.41, 5.74) is 4.84. The van der Waals surface area contributed by atoms with Crippen molar-refractivity contribution < 1.29 is 10.0 Å². The van der Waals surface area contributed by atoms with Crippen molar-refractivity contribution in [2.24, 2.45) is 0 Å². The van der Waals surface area contributed by atoms with E-state index in [9.17, 15) is 10.0 Å². The van der Waals surface area contributed by atoms with Gasteiger partial charge in [-0.2, -0.15) is 0 Å². The molecule has 0 aliphatic carbocycles. The first-order valence-electron chi connectivity index (χ1n) is 7.61. The second-order valence-electron chi connectivity index (χ2n) is 5.84. The van der Waals surface area contributed by atoms with Crippen molar-refractivity contribution in [2.45, 2.75) is 6.92 Å². The highest BCUT2D eigenvalue weighted by Crippen LogP contribution is 2.32. The summed E-state index contributed by atoms with van der Waals surface area (Å²) >= 11 is 0. The van der Waals surface area contributed by atoms with Crippen molar-refractivity contribution in [3.63, 3.8) is 0 Å². The first kappa shape index (κ1) is 14.1. The summed E-state index contributed by atoms with van der Waals surface area (Å²) < 4.78 is 2.17. The summed E-state index contributed by atoms with van der Waals surface area (Å²) in [7, 11) is -1.47. The van der Waals surface area contributed by atoms with E-state index in [0.29, 0.717) is 5.46 Å². The van der Waals surface area contributed by atoms with Crippen LogP contribution in [-0.4, -0.2) is 21.7 Å². The van der Waals surface area contributed by atoms with Gasteiger partial charge >= 0.3 is 7.12 Å². The van der Waals surface area contributed by atoms with Gasteiger partial charge in [0, 0.05) is 16.5 Å². The number of nitrogens with zero attached hydrogens (tertiary/aromatic N) is 1. The van der Waals surface area contributed by atoms with Gasteiger partial charge in [0.15, 0.2) is 0 Å². The van der Waals surface area contributed by atoms with Gasteiger partial charge in [0.1, 0.15) is 0 Å². The molecule has 3 aromatic carbocycles. The zero-order valence-electron chi connectivity index (χ0n) is 12.8. The Labute approximate surface area is 134 Å². The molecule has 0 unspecified atom stereocenters. The molecule has 2 N–H and O–H groups in total. The highest BCUT2D eigenvalue weighted by atomic mass is 16.4. The second-order valence-corrected chi connectivity index (χ2v) is 5.84. The molecule has 0 radical (unpaired) electrons. The van der Waals surface area contributed by atoms with Crippen LogP contribution >= 0.6 is 0 Å². The molecule has 112 valence electrons. The number of aromatic nitrogens is 1. The predicted molar refractivity (Wildman–Crippen MR) is 95.3 cm³/mol. The van der Waals surface area contributed by atoms with Gasteiger partial charge in [0.2, 0.25) is 0 Å². The molecule has 0 aliphatic rings. The summed E-state index contributed by atoms with van der Waals surface area (Å²) in [4.78, 5) is 0. The van der Waals surface area contributed by atoms with Gasteiger partial charge in [-0.3, -0.25) is 0 Å². The number of aryl methyl sites for hydroxylation is 1. The third-order valence-corrected chi connectivity index (χ3v) is 4.26. The van der Waals surface area contributed by atoms with Gasteiger partial charge in [-0.1, -0.05) is 42.5 Å². The summed E-state index contributed by atoms with van der Waals surface area (Å²) in [6.45, 7) is 2.08. The number of hydrogen-bond acceptors (Lipinski definition) is 2. The molecule has 0 amide bonds. The van der Waals surface area contributed by atoms with Gasteiger partial charge < -0.3 is 14.6 Å². The second kappa shape index (κ2) is 5.27. The Bertz CT molecular complexity index is 1020. The molecule has 4 aromatic rings. The minimum Gasteiger partial charge on any atom is -0.423 e. The Morgan fingerprint density at radius 2 is 1.57 bits per heavy atom. The van der Waals surface area contributed by atoms with Crippen LogP contribution in [0.4, 0.5) is 0 Å². The Balaban J connectivity index is 2.12. The normalized spacial score (nSPS) is 11.3. The van der Waals surface area contributed by atoms with Gasteiger partial charge in [-0.15, -0.1) is 0 Å². The predicted octanol–water partition coefficient (Wildman–Crippen LogP) is 2.77. The van der Waals surface area contributed by atoms with Crippen molar-refractivity contribution in [1.29, 1.82) is 0 Å². The maximum atomic E-state index is 9.46. The zero-order chi connectivity index (χ0) is 16.0. The van der Waals surface area contributed by atoms with E-state index >= 15 is 0 Å². The first-order valence-corrected chi connectivity index (χ1v) is 7.61. The molecule has 3 nitrogen and oxygen atoms in total. The standard InChI is InChI=1S/C19H16BNO2/c1-13-9-10-17-16-7-2-3-8-18(16)21(19(17)11-13)15-6-4-5-14(12-15)20(22)23/h2-12,22-23H,1H3. The monoisotopic (exact) mass is 301 g/mol. The topological polar surface area (TPSA) is 45.4 Å². The number of para-hydroxylation sites is 1. The largest absolute Gasteiger partial charge is 0.488 e. The van der Waals surface area contributed by atoms with Crippen LogP contribution in [0.15, 0.2) is 66.7 Å². The molecule has 4 rings (SSSR count). The van der Waals surface area contributed by atoms with Crippen LogP contribution < -0.4 is 5.46 Å². The quantitative estimate of drug-likeness (QED) is 0.559. The fraction of sp³-hybridized carbons (Fsp3) is 0.0526. The lowest BCUT2D eigenvalue weighted by Crippen LogP contribution is -2.29. The van der Waals surface area contributed by atoms with Crippen molar-refractivity contribution in [3.05, 3.63) is 72.3 Å². The Hall–Kier alpha value is -2.56. The first-order chi connectivity index (χ1) is 11.1. The fourth-order valence-electron chi connectivity index (χ4n) is 3.18. The lowest BCUT2D eigenvalue weighted by atomic mass is 9.80. The molecule has 0 atom stereocenters. The summed E-state index contributed by atoms with van der Waals surface area (Å²) in [5.74, 6) is 0. The number of benzene rings is 3. The SMILES string of the molecule is Cc1ccc2c3ccccc3n(-c3cccc(B(O)O)c3)c2c1. The van der Waals surface area contributed by atoms with Gasteiger partial charge in [-0.25, -0.2) is 0 Å². The Kier molecular flexibility index (Phi) is 3.22. The molecular weight excluding hydrogens is 285 g/mol. The molecule has 0 saturated carbocycles. The maximum absolute atomic E-state index is 9.46. The molecule has 4 heteroatoms.